The molecule has 0 saturated carbocycles. The molecule has 5 rings (SSSR count). The molecule has 1 aliphatic heterocycles. The first-order chi connectivity index (χ1) is 15.2. The first kappa shape index (κ1) is 19.9. The summed E-state index contributed by atoms with van der Waals surface area (Å²) < 4.78 is 1.62. The maximum atomic E-state index is 12.2. The van der Waals surface area contributed by atoms with Gasteiger partial charge < -0.3 is 5.11 Å². The van der Waals surface area contributed by atoms with Gasteiger partial charge in [0.25, 0.3) is 0 Å². The number of H-pyrrole nitrogens is 1. The van der Waals surface area contributed by atoms with Gasteiger partial charge in [-0.3, -0.25) is 9.80 Å². The van der Waals surface area contributed by atoms with Crippen LogP contribution in [0.3, 0.4) is 0 Å². The van der Waals surface area contributed by atoms with Gasteiger partial charge in [-0.25, -0.2) is 14.3 Å². The number of pyridine rings is 1. The van der Waals surface area contributed by atoms with Gasteiger partial charge in [0.2, 0.25) is 0 Å². The van der Waals surface area contributed by atoms with Crippen LogP contribution in [-0.2, 0) is 6.54 Å². The lowest BCUT2D eigenvalue weighted by molar-refractivity contribution is 0.196. The molecule has 0 aliphatic carbocycles. The van der Waals surface area contributed by atoms with Crippen molar-refractivity contribution in [2.24, 2.45) is 0 Å². The number of aromatic amines is 1. The molecule has 3 heterocycles. The van der Waals surface area contributed by atoms with Crippen LogP contribution in [0.25, 0.3) is 27.7 Å². The van der Waals surface area contributed by atoms with Crippen molar-refractivity contribution in [2.75, 3.05) is 39.3 Å². The van der Waals surface area contributed by atoms with Gasteiger partial charge >= 0.3 is 5.69 Å². The molecule has 1 saturated heterocycles. The molecule has 1 fully saturated rings. The van der Waals surface area contributed by atoms with Crippen LogP contribution in [-0.4, -0.2) is 68.8 Å². The number of hydrogen-bond acceptors (Lipinski definition) is 5. The van der Waals surface area contributed by atoms with Crippen molar-refractivity contribution < 1.29 is 5.11 Å². The summed E-state index contributed by atoms with van der Waals surface area (Å²) >= 11 is 0. The summed E-state index contributed by atoms with van der Waals surface area (Å²) in [6.07, 6.45) is 1.13. The van der Waals surface area contributed by atoms with Crippen LogP contribution in [0.4, 0.5) is 0 Å². The number of β-amino-alcohol motifs (C(OH)–C–C–N with tert-alkyl or cyclic N) is 1. The van der Waals surface area contributed by atoms with E-state index in [2.05, 4.69) is 44.3 Å². The van der Waals surface area contributed by atoms with Gasteiger partial charge in [0, 0.05) is 31.6 Å². The number of hydrogen-bond donors (Lipinski definition) is 2. The number of aliphatic hydroxyl groups is 1. The van der Waals surface area contributed by atoms with Gasteiger partial charge in [0.05, 0.1) is 12.1 Å². The van der Waals surface area contributed by atoms with Crippen molar-refractivity contribution in [3.63, 3.8) is 0 Å². The number of fused-ring (bicyclic) bond motifs is 3. The Morgan fingerprint density at radius 1 is 0.968 bits per heavy atom. The standard InChI is InChI=1S/C24H27N5O2/c30-15-14-27-10-3-11-28(13-12-27)17-18-6-8-19(9-7-18)21-16-23-25-26-24(31)29(23)22-5-2-1-4-20(21)22/h1-2,4-9,16,30H,3,10-15,17H2,(H,26,31). The first-order valence-electron chi connectivity index (χ1n) is 10.9. The van der Waals surface area contributed by atoms with Crippen LogP contribution in [0.1, 0.15) is 12.0 Å². The predicted molar refractivity (Wildman–Crippen MR) is 122 cm³/mol. The second-order valence-corrected chi connectivity index (χ2v) is 8.19. The van der Waals surface area contributed by atoms with E-state index in [1.165, 1.54) is 5.56 Å². The highest BCUT2D eigenvalue weighted by Gasteiger charge is 2.15. The molecule has 160 valence electrons. The van der Waals surface area contributed by atoms with Gasteiger partial charge in [0.1, 0.15) is 0 Å². The van der Waals surface area contributed by atoms with Gasteiger partial charge in [-0.2, -0.15) is 5.10 Å². The molecular weight excluding hydrogens is 390 g/mol. The zero-order valence-corrected chi connectivity index (χ0v) is 17.5. The van der Waals surface area contributed by atoms with Crippen LogP contribution >= 0.6 is 0 Å². The average Bonchev–Trinajstić information content (AvgIpc) is 3.03. The Labute approximate surface area is 180 Å². The lowest BCUT2D eigenvalue weighted by Crippen LogP contribution is -2.32. The van der Waals surface area contributed by atoms with Crippen LogP contribution in [0, 0.1) is 0 Å². The number of aliphatic hydroxyl groups excluding tert-OH is 1. The summed E-state index contributed by atoms with van der Waals surface area (Å²) in [5.41, 5.74) is 4.74. The largest absolute Gasteiger partial charge is 0.395 e. The van der Waals surface area contributed by atoms with Crippen molar-refractivity contribution in [2.45, 2.75) is 13.0 Å². The van der Waals surface area contributed by atoms with Crippen LogP contribution in [0.15, 0.2) is 59.4 Å². The van der Waals surface area contributed by atoms with Crippen molar-refractivity contribution in [3.05, 3.63) is 70.6 Å². The van der Waals surface area contributed by atoms with Crippen molar-refractivity contribution in [1.29, 1.82) is 0 Å². The molecule has 0 unspecified atom stereocenters. The Bertz CT molecular complexity index is 1240. The first-order valence-corrected chi connectivity index (χ1v) is 10.9. The van der Waals surface area contributed by atoms with Gasteiger partial charge in [-0.15, -0.1) is 0 Å². The fourth-order valence-corrected chi connectivity index (χ4v) is 4.58. The van der Waals surface area contributed by atoms with Crippen molar-refractivity contribution in [3.8, 4) is 11.1 Å². The molecular formula is C24H27N5O2. The Hall–Kier alpha value is -3.00. The third-order valence-electron chi connectivity index (χ3n) is 6.18. The van der Waals surface area contributed by atoms with E-state index in [0.29, 0.717) is 5.65 Å². The van der Waals surface area contributed by atoms with Gasteiger partial charge in [-0.05, 0) is 48.3 Å². The molecule has 7 nitrogen and oxygen atoms in total. The molecule has 0 amide bonds. The average molecular weight is 418 g/mol. The molecule has 7 heteroatoms. The second kappa shape index (κ2) is 8.63. The van der Waals surface area contributed by atoms with E-state index < -0.39 is 0 Å². The van der Waals surface area contributed by atoms with Crippen LogP contribution < -0.4 is 5.69 Å². The van der Waals surface area contributed by atoms with Crippen molar-refractivity contribution in [1.82, 2.24) is 24.4 Å². The van der Waals surface area contributed by atoms with Crippen LogP contribution in [0.2, 0.25) is 0 Å². The third kappa shape index (κ3) is 3.99. The number of aromatic nitrogens is 3. The molecule has 2 N–H and O–H groups in total. The summed E-state index contributed by atoms with van der Waals surface area (Å²) in [5.74, 6) is 0. The highest BCUT2D eigenvalue weighted by Crippen LogP contribution is 2.30. The van der Waals surface area contributed by atoms with E-state index in [1.54, 1.807) is 4.40 Å². The third-order valence-corrected chi connectivity index (χ3v) is 6.18. The maximum absolute atomic E-state index is 12.2. The number of rotatable bonds is 5. The smallest absolute Gasteiger partial charge is 0.348 e. The van der Waals surface area contributed by atoms with Gasteiger partial charge in [-0.1, -0.05) is 42.5 Å². The highest BCUT2D eigenvalue weighted by atomic mass is 16.3. The molecule has 0 bridgehead atoms. The molecule has 2 aromatic heterocycles. The Kier molecular flexibility index (Phi) is 5.55. The zero-order chi connectivity index (χ0) is 21.2. The van der Waals surface area contributed by atoms with E-state index in [-0.39, 0.29) is 12.3 Å². The Balaban J connectivity index is 1.40. The van der Waals surface area contributed by atoms with E-state index in [4.69, 9.17) is 0 Å². The maximum Gasteiger partial charge on any atom is 0.348 e. The molecule has 4 aromatic rings. The van der Waals surface area contributed by atoms with E-state index in [1.807, 2.05) is 30.3 Å². The number of benzene rings is 2. The van der Waals surface area contributed by atoms with Crippen LogP contribution in [0.5, 0.6) is 0 Å². The van der Waals surface area contributed by atoms with E-state index in [9.17, 15) is 9.90 Å². The summed E-state index contributed by atoms with van der Waals surface area (Å²) in [4.78, 5) is 17.0. The van der Waals surface area contributed by atoms with Crippen molar-refractivity contribution >= 4 is 16.6 Å². The molecule has 0 radical (unpaired) electrons. The fraction of sp³-hybridized carbons (Fsp3) is 0.333. The topological polar surface area (TPSA) is 76.9 Å². The Morgan fingerprint density at radius 3 is 2.58 bits per heavy atom. The molecule has 1 aliphatic rings. The minimum absolute atomic E-state index is 0.219. The molecule has 2 aromatic carbocycles. The quantitative estimate of drug-likeness (QED) is 0.521. The normalized spacial score (nSPS) is 16.2. The summed E-state index contributed by atoms with van der Waals surface area (Å²) in [6, 6.07) is 18.6. The fourth-order valence-electron chi connectivity index (χ4n) is 4.58. The second-order valence-electron chi connectivity index (χ2n) is 8.19. The summed E-state index contributed by atoms with van der Waals surface area (Å²) in [6.45, 7) is 6.10. The molecule has 0 atom stereocenters. The summed E-state index contributed by atoms with van der Waals surface area (Å²) in [7, 11) is 0. The summed E-state index contributed by atoms with van der Waals surface area (Å²) in [5, 5.41) is 16.9. The lowest BCUT2D eigenvalue weighted by atomic mass is 9.99. The minimum atomic E-state index is -0.219. The van der Waals surface area contributed by atoms with Gasteiger partial charge in [0.15, 0.2) is 5.65 Å². The van der Waals surface area contributed by atoms with E-state index in [0.717, 1.165) is 67.7 Å². The monoisotopic (exact) mass is 417 g/mol. The lowest BCUT2D eigenvalue weighted by Gasteiger charge is -2.21. The number of nitrogens with zero attached hydrogens (tertiary/aromatic N) is 4. The zero-order valence-electron chi connectivity index (χ0n) is 17.5. The predicted octanol–water partition coefficient (Wildman–Crippen LogP) is 2.34. The number of nitrogens with one attached hydrogen (secondary N) is 1. The molecule has 0 spiro atoms. The highest BCUT2D eigenvalue weighted by molar-refractivity contribution is 5.97. The number of para-hydroxylation sites is 1. The SMILES string of the molecule is O=c1[nH]nc2cc(-c3ccc(CN4CCCN(CCO)CC4)cc3)c3ccccc3n12. The molecule has 31 heavy (non-hydrogen) atoms. The van der Waals surface area contributed by atoms with E-state index >= 15 is 0 Å². The Morgan fingerprint density at radius 2 is 1.74 bits per heavy atom. The minimum Gasteiger partial charge on any atom is -0.395 e.